The average molecular weight is 421 g/mol. The molecule has 1 aliphatic carbocycles. The number of amides is 3. The highest BCUT2D eigenvalue weighted by atomic mass is 16.5. The van der Waals surface area contributed by atoms with Crippen molar-refractivity contribution in [2.24, 2.45) is 5.92 Å². The molecule has 4 rings (SSSR count). The van der Waals surface area contributed by atoms with Crippen LogP contribution in [0.3, 0.4) is 0 Å². The highest BCUT2D eigenvalue weighted by Gasteiger charge is 2.36. The van der Waals surface area contributed by atoms with E-state index < -0.39 is 0 Å². The van der Waals surface area contributed by atoms with Crippen molar-refractivity contribution >= 4 is 23.4 Å². The molecular formula is C24H27N3O4. The first-order valence-corrected chi connectivity index (χ1v) is 10.5. The molecule has 2 aromatic carbocycles. The highest BCUT2D eigenvalue weighted by Crippen LogP contribution is 2.28. The van der Waals surface area contributed by atoms with Gasteiger partial charge in [0.05, 0.1) is 13.0 Å². The Kier molecular flexibility index (Phi) is 5.93. The van der Waals surface area contributed by atoms with Gasteiger partial charge in [0, 0.05) is 43.9 Å². The van der Waals surface area contributed by atoms with E-state index in [1.54, 1.807) is 48.2 Å². The van der Waals surface area contributed by atoms with Crippen LogP contribution in [-0.4, -0.2) is 49.4 Å². The number of hydrogen-bond donors (Lipinski definition) is 1. The van der Waals surface area contributed by atoms with Crippen molar-refractivity contribution in [1.29, 1.82) is 0 Å². The first kappa shape index (κ1) is 20.9. The number of carbonyl (C=O) groups is 3. The third-order valence-corrected chi connectivity index (χ3v) is 5.78. The van der Waals surface area contributed by atoms with Gasteiger partial charge in [-0.2, -0.15) is 0 Å². The molecule has 1 aliphatic heterocycles. The van der Waals surface area contributed by atoms with Crippen molar-refractivity contribution in [2.45, 2.75) is 31.8 Å². The zero-order valence-corrected chi connectivity index (χ0v) is 17.8. The second kappa shape index (κ2) is 8.79. The van der Waals surface area contributed by atoms with Crippen LogP contribution in [0.2, 0.25) is 0 Å². The van der Waals surface area contributed by atoms with Gasteiger partial charge >= 0.3 is 0 Å². The van der Waals surface area contributed by atoms with E-state index in [1.165, 1.54) is 0 Å². The Morgan fingerprint density at radius 1 is 1.10 bits per heavy atom. The number of carbonyl (C=O) groups excluding carboxylic acids is 3. The smallest absolute Gasteiger partial charge is 0.251 e. The van der Waals surface area contributed by atoms with Crippen molar-refractivity contribution in [2.75, 3.05) is 25.6 Å². The van der Waals surface area contributed by atoms with E-state index in [0.29, 0.717) is 24.7 Å². The minimum absolute atomic E-state index is 0.0528. The Hall–Kier alpha value is -3.35. The van der Waals surface area contributed by atoms with Crippen LogP contribution in [-0.2, 0) is 16.1 Å². The molecule has 7 heteroatoms. The Morgan fingerprint density at radius 3 is 2.39 bits per heavy atom. The lowest BCUT2D eigenvalue weighted by atomic mass is 10.1. The second-order valence-electron chi connectivity index (χ2n) is 8.24. The molecule has 0 radical (unpaired) electrons. The summed E-state index contributed by atoms with van der Waals surface area (Å²) in [6.07, 6.45) is 2.31. The van der Waals surface area contributed by atoms with Gasteiger partial charge in [-0.1, -0.05) is 12.1 Å². The lowest BCUT2D eigenvalue weighted by molar-refractivity contribution is -0.135. The maximum Gasteiger partial charge on any atom is 0.251 e. The molecule has 0 aromatic heterocycles. The summed E-state index contributed by atoms with van der Waals surface area (Å²) in [6, 6.07) is 14.9. The molecule has 2 aromatic rings. The van der Waals surface area contributed by atoms with Gasteiger partial charge in [-0.05, 0) is 54.8 Å². The molecule has 3 amide bonds. The molecule has 1 N–H and O–H groups in total. The van der Waals surface area contributed by atoms with Crippen LogP contribution in [0.15, 0.2) is 48.5 Å². The number of methoxy groups -OCH3 is 1. The third-order valence-electron chi connectivity index (χ3n) is 5.78. The summed E-state index contributed by atoms with van der Waals surface area (Å²) in [6.45, 7) is 0.797. The first-order chi connectivity index (χ1) is 14.9. The van der Waals surface area contributed by atoms with Gasteiger partial charge in [0.15, 0.2) is 0 Å². The van der Waals surface area contributed by atoms with Crippen LogP contribution in [0.1, 0.15) is 35.2 Å². The molecule has 1 saturated carbocycles. The summed E-state index contributed by atoms with van der Waals surface area (Å²) in [5.41, 5.74) is 2.33. The van der Waals surface area contributed by atoms with E-state index in [4.69, 9.17) is 4.74 Å². The molecule has 2 fully saturated rings. The van der Waals surface area contributed by atoms with Crippen molar-refractivity contribution in [3.8, 4) is 5.75 Å². The van der Waals surface area contributed by atoms with Gasteiger partial charge in [-0.25, -0.2) is 0 Å². The number of hydrogen-bond acceptors (Lipinski definition) is 4. The molecule has 0 bridgehead atoms. The van der Waals surface area contributed by atoms with Gasteiger partial charge < -0.3 is 19.9 Å². The SMILES string of the molecule is COc1ccc(N2CC(C(=O)N(C)Cc3ccc(C(=O)NC4CC4)cc3)CC2=O)cc1. The number of rotatable bonds is 7. The molecule has 1 atom stereocenters. The Labute approximate surface area is 182 Å². The number of nitrogens with zero attached hydrogens (tertiary/aromatic N) is 2. The molecule has 2 aliphatic rings. The van der Waals surface area contributed by atoms with Gasteiger partial charge in [0.25, 0.3) is 5.91 Å². The Morgan fingerprint density at radius 2 is 1.77 bits per heavy atom. The first-order valence-electron chi connectivity index (χ1n) is 10.5. The number of nitrogens with one attached hydrogen (secondary N) is 1. The number of anilines is 1. The van der Waals surface area contributed by atoms with Crippen LogP contribution < -0.4 is 15.0 Å². The largest absolute Gasteiger partial charge is 0.497 e. The van der Waals surface area contributed by atoms with E-state index in [9.17, 15) is 14.4 Å². The predicted molar refractivity (Wildman–Crippen MR) is 117 cm³/mol. The lowest BCUT2D eigenvalue weighted by Gasteiger charge is -2.22. The fourth-order valence-corrected chi connectivity index (χ4v) is 3.81. The summed E-state index contributed by atoms with van der Waals surface area (Å²) in [4.78, 5) is 40.8. The Bertz CT molecular complexity index is 967. The van der Waals surface area contributed by atoms with Crippen LogP contribution in [0, 0.1) is 5.92 Å². The zero-order valence-electron chi connectivity index (χ0n) is 17.8. The quantitative estimate of drug-likeness (QED) is 0.745. The normalized spacial score (nSPS) is 18.1. The van der Waals surface area contributed by atoms with Crippen LogP contribution in [0.5, 0.6) is 5.75 Å². The topological polar surface area (TPSA) is 79.0 Å². The minimum Gasteiger partial charge on any atom is -0.497 e. The van der Waals surface area contributed by atoms with Crippen LogP contribution >= 0.6 is 0 Å². The fourth-order valence-electron chi connectivity index (χ4n) is 3.81. The van der Waals surface area contributed by atoms with Crippen molar-refractivity contribution in [3.05, 3.63) is 59.7 Å². The Balaban J connectivity index is 1.34. The van der Waals surface area contributed by atoms with Crippen LogP contribution in [0.4, 0.5) is 5.69 Å². The molecule has 0 spiro atoms. The zero-order chi connectivity index (χ0) is 22.0. The molecule has 162 valence electrons. The molecule has 1 saturated heterocycles. The minimum atomic E-state index is -0.372. The van der Waals surface area contributed by atoms with E-state index in [2.05, 4.69) is 5.32 Å². The molecule has 1 unspecified atom stereocenters. The third kappa shape index (κ3) is 4.87. The van der Waals surface area contributed by atoms with E-state index in [1.807, 2.05) is 24.3 Å². The highest BCUT2D eigenvalue weighted by molar-refractivity contribution is 6.00. The number of ether oxygens (including phenoxy) is 1. The summed E-state index contributed by atoms with van der Waals surface area (Å²) < 4.78 is 5.16. The molecule has 31 heavy (non-hydrogen) atoms. The predicted octanol–water partition coefficient (Wildman–Crippen LogP) is 2.60. The summed E-state index contributed by atoms with van der Waals surface area (Å²) in [5, 5.41) is 2.97. The summed E-state index contributed by atoms with van der Waals surface area (Å²) >= 11 is 0. The van der Waals surface area contributed by atoms with E-state index in [0.717, 1.165) is 29.8 Å². The number of benzene rings is 2. The summed E-state index contributed by atoms with van der Waals surface area (Å²) in [7, 11) is 3.34. The average Bonchev–Trinajstić information content (AvgIpc) is 3.52. The summed E-state index contributed by atoms with van der Waals surface area (Å²) in [5.74, 6) is 0.187. The van der Waals surface area contributed by atoms with Crippen LogP contribution in [0.25, 0.3) is 0 Å². The van der Waals surface area contributed by atoms with Gasteiger partial charge in [-0.3, -0.25) is 14.4 Å². The van der Waals surface area contributed by atoms with E-state index >= 15 is 0 Å². The second-order valence-corrected chi connectivity index (χ2v) is 8.24. The van der Waals surface area contributed by atoms with Crippen molar-refractivity contribution in [3.63, 3.8) is 0 Å². The molecule has 7 nitrogen and oxygen atoms in total. The van der Waals surface area contributed by atoms with Crippen molar-refractivity contribution in [1.82, 2.24) is 10.2 Å². The van der Waals surface area contributed by atoms with Gasteiger partial charge in [-0.15, -0.1) is 0 Å². The monoisotopic (exact) mass is 421 g/mol. The molecule has 1 heterocycles. The lowest BCUT2D eigenvalue weighted by Crippen LogP contribution is -2.34. The molecular weight excluding hydrogens is 394 g/mol. The van der Waals surface area contributed by atoms with E-state index in [-0.39, 0.29) is 30.1 Å². The standard InChI is InChI=1S/C24H27N3O4/c1-26(14-16-3-5-17(6-4-16)23(29)25-19-7-8-19)24(30)18-13-22(28)27(15-18)20-9-11-21(31-2)12-10-20/h3-6,9-12,18-19H,7-8,13-15H2,1-2H3,(H,25,29). The van der Waals surface area contributed by atoms with Crippen molar-refractivity contribution < 1.29 is 19.1 Å². The fraction of sp³-hybridized carbons (Fsp3) is 0.375. The maximum atomic E-state index is 12.9. The van der Waals surface area contributed by atoms with Gasteiger partial charge in [0.2, 0.25) is 11.8 Å². The van der Waals surface area contributed by atoms with Gasteiger partial charge in [0.1, 0.15) is 5.75 Å². The maximum absolute atomic E-state index is 12.9.